The number of nitrogens with one attached hydrogen (secondary N) is 2. The Labute approximate surface area is 150 Å². The summed E-state index contributed by atoms with van der Waals surface area (Å²) in [5.74, 6) is -1.48. The summed E-state index contributed by atoms with van der Waals surface area (Å²) in [7, 11) is 1.73. The van der Waals surface area contributed by atoms with Crippen LogP contribution in [0, 0.1) is 11.6 Å². The van der Waals surface area contributed by atoms with Crippen LogP contribution in [0.25, 0.3) is 0 Å². The Bertz CT molecular complexity index is 760. The molecule has 138 valence electrons. The van der Waals surface area contributed by atoms with Crippen molar-refractivity contribution in [1.29, 1.82) is 0 Å². The van der Waals surface area contributed by atoms with Crippen LogP contribution < -0.4 is 15.6 Å². The Morgan fingerprint density at radius 3 is 2.92 bits per heavy atom. The smallest absolute Gasteiger partial charge is 0.241 e. The van der Waals surface area contributed by atoms with Crippen LogP contribution in [0.2, 0.25) is 0 Å². The zero-order valence-electron chi connectivity index (χ0n) is 14.3. The van der Waals surface area contributed by atoms with Gasteiger partial charge in [0.05, 0.1) is 6.04 Å². The van der Waals surface area contributed by atoms with Gasteiger partial charge in [-0.05, 0) is 30.2 Å². The predicted molar refractivity (Wildman–Crippen MR) is 91.0 cm³/mol. The summed E-state index contributed by atoms with van der Waals surface area (Å²) in [6, 6.07) is 6.32. The second kappa shape index (κ2) is 8.20. The Morgan fingerprint density at radius 2 is 2.19 bits per heavy atom. The zero-order valence-corrected chi connectivity index (χ0v) is 14.3. The Kier molecular flexibility index (Phi) is 5.75. The van der Waals surface area contributed by atoms with Gasteiger partial charge in [-0.25, -0.2) is 14.2 Å². The molecule has 1 aliphatic heterocycles. The quantitative estimate of drug-likeness (QED) is 0.818. The maximum atomic E-state index is 13.6. The van der Waals surface area contributed by atoms with E-state index in [-0.39, 0.29) is 24.3 Å². The monoisotopic (exact) mass is 362 g/mol. The molecule has 0 spiro atoms. The van der Waals surface area contributed by atoms with E-state index < -0.39 is 17.7 Å². The molecule has 3 rings (SSSR count). The van der Waals surface area contributed by atoms with E-state index in [1.807, 2.05) is 12.1 Å². The van der Waals surface area contributed by atoms with Crippen LogP contribution in [-0.2, 0) is 11.3 Å². The summed E-state index contributed by atoms with van der Waals surface area (Å²) >= 11 is 0. The van der Waals surface area contributed by atoms with Crippen LogP contribution in [0.4, 0.5) is 8.78 Å². The average molecular weight is 362 g/mol. The number of hydrogen-bond acceptors (Lipinski definition) is 5. The van der Waals surface area contributed by atoms with Gasteiger partial charge in [0.2, 0.25) is 5.91 Å². The van der Waals surface area contributed by atoms with E-state index in [0.717, 1.165) is 17.7 Å². The van der Waals surface area contributed by atoms with Crippen molar-refractivity contribution in [3.63, 3.8) is 0 Å². The van der Waals surface area contributed by atoms with Crippen LogP contribution in [-0.4, -0.2) is 41.5 Å². The topological polar surface area (TPSA) is 66.5 Å². The lowest BCUT2D eigenvalue weighted by Crippen LogP contribution is -2.44. The Balaban J connectivity index is 1.49. The van der Waals surface area contributed by atoms with Gasteiger partial charge in [-0.1, -0.05) is 6.07 Å². The summed E-state index contributed by atoms with van der Waals surface area (Å²) in [4.78, 5) is 18.2. The van der Waals surface area contributed by atoms with Gasteiger partial charge in [-0.2, -0.15) is 0 Å². The fourth-order valence-electron chi connectivity index (χ4n) is 2.79. The van der Waals surface area contributed by atoms with Crippen molar-refractivity contribution in [2.45, 2.75) is 25.0 Å². The fraction of sp³-hybridized carbons (Fsp3) is 0.333. The third-order valence-corrected chi connectivity index (χ3v) is 4.13. The van der Waals surface area contributed by atoms with E-state index in [1.165, 1.54) is 6.07 Å². The number of carbonyl (C=O) groups excluding carboxylic acids is 1. The van der Waals surface area contributed by atoms with Crippen LogP contribution in [0.3, 0.4) is 0 Å². The molecular formula is C18H20F2N4O2. The number of pyridine rings is 1. The number of rotatable bonds is 6. The van der Waals surface area contributed by atoms with E-state index in [0.29, 0.717) is 13.0 Å². The molecule has 0 saturated carbocycles. The van der Waals surface area contributed by atoms with Crippen molar-refractivity contribution in [3.05, 3.63) is 59.9 Å². The zero-order chi connectivity index (χ0) is 18.5. The largest absolute Gasteiger partial charge is 0.489 e. The molecule has 6 nitrogen and oxygen atoms in total. The van der Waals surface area contributed by atoms with Crippen molar-refractivity contribution < 1.29 is 18.3 Å². The van der Waals surface area contributed by atoms with Gasteiger partial charge < -0.3 is 9.64 Å². The van der Waals surface area contributed by atoms with Gasteiger partial charge in [0.15, 0.2) is 11.6 Å². The first-order valence-corrected chi connectivity index (χ1v) is 8.25. The molecule has 2 heterocycles. The van der Waals surface area contributed by atoms with Gasteiger partial charge in [-0.3, -0.25) is 15.2 Å². The molecule has 1 aromatic heterocycles. The normalized spacial score (nSPS) is 19.3. The summed E-state index contributed by atoms with van der Waals surface area (Å²) < 4.78 is 31.9. The number of hydrazine groups is 1. The first kappa shape index (κ1) is 18.2. The number of amides is 1. The average Bonchev–Trinajstić information content (AvgIpc) is 3.10. The van der Waals surface area contributed by atoms with Crippen molar-refractivity contribution >= 4 is 5.91 Å². The highest BCUT2D eigenvalue weighted by molar-refractivity contribution is 5.82. The molecule has 2 aromatic rings. The molecule has 1 aliphatic rings. The van der Waals surface area contributed by atoms with Crippen molar-refractivity contribution in [3.8, 4) is 5.75 Å². The standard InChI is InChI=1S/C18H20F2N4O2/c1-24(10-12-3-2-6-21-9-12)18(25)16-8-14(22-23-16)11-26-17-5-4-13(19)7-15(17)20/h2-7,9,14,16,22-23H,8,10-11H2,1H3. The molecule has 2 unspecified atom stereocenters. The highest BCUT2D eigenvalue weighted by Crippen LogP contribution is 2.19. The number of hydrogen-bond donors (Lipinski definition) is 2. The molecule has 2 atom stereocenters. The van der Waals surface area contributed by atoms with E-state index in [9.17, 15) is 13.6 Å². The highest BCUT2D eigenvalue weighted by atomic mass is 19.1. The molecule has 1 amide bonds. The molecule has 0 bridgehead atoms. The van der Waals surface area contributed by atoms with Crippen LogP contribution in [0.1, 0.15) is 12.0 Å². The van der Waals surface area contributed by atoms with Crippen molar-refractivity contribution in [2.24, 2.45) is 0 Å². The van der Waals surface area contributed by atoms with E-state index in [2.05, 4.69) is 15.8 Å². The summed E-state index contributed by atoms with van der Waals surface area (Å²) in [5.41, 5.74) is 6.86. The molecule has 1 aromatic carbocycles. The lowest BCUT2D eigenvalue weighted by Gasteiger charge is -2.20. The minimum Gasteiger partial charge on any atom is -0.489 e. The van der Waals surface area contributed by atoms with Gasteiger partial charge >= 0.3 is 0 Å². The minimum atomic E-state index is -0.750. The van der Waals surface area contributed by atoms with Gasteiger partial charge in [0, 0.05) is 32.1 Å². The minimum absolute atomic E-state index is 0.0170. The van der Waals surface area contributed by atoms with Crippen molar-refractivity contribution in [1.82, 2.24) is 20.7 Å². The fourth-order valence-corrected chi connectivity index (χ4v) is 2.79. The van der Waals surface area contributed by atoms with E-state index in [1.54, 1.807) is 24.3 Å². The Morgan fingerprint density at radius 1 is 1.35 bits per heavy atom. The van der Waals surface area contributed by atoms with Gasteiger partial charge in [0.1, 0.15) is 18.5 Å². The number of nitrogens with zero attached hydrogens (tertiary/aromatic N) is 2. The number of likely N-dealkylation sites (N-methyl/N-ethyl adjacent to an activating group) is 1. The van der Waals surface area contributed by atoms with Crippen LogP contribution >= 0.6 is 0 Å². The van der Waals surface area contributed by atoms with Gasteiger partial charge in [-0.15, -0.1) is 0 Å². The number of carbonyl (C=O) groups is 1. The summed E-state index contributed by atoms with van der Waals surface area (Å²) in [6.07, 6.45) is 3.90. The predicted octanol–water partition coefficient (Wildman–Crippen LogP) is 1.63. The molecular weight excluding hydrogens is 342 g/mol. The summed E-state index contributed by atoms with van der Waals surface area (Å²) in [5, 5.41) is 0. The Hall–Kier alpha value is -2.58. The summed E-state index contributed by atoms with van der Waals surface area (Å²) in [6.45, 7) is 0.623. The lowest BCUT2D eigenvalue weighted by molar-refractivity contribution is -0.132. The first-order valence-electron chi connectivity index (χ1n) is 8.25. The van der Waals surface area contributed by atoms with Crippen LogP contribution in [0.5, 0.6) is 5.75 Å². The van der Waals surface area contributed by atoms with Crippen molar-refractivity contribution in [2.75, 3.05) is 13.7 Å². The number of aromatic nitrogens is 1. The molecule has 26 heavy (non-hydrogen) atoms. The second-order valence-corrected chi connectivity index (χ2v) is 6.22. The molecule has 8 heteroatoms. The van der Waals surface area contributed by atoms with E-state index >= 15 is 0 Å². The van der Waals surface area contributed by atoms with E-state index in [4.69, 9.17) is 4.74 Å². The maximum absolute atomic E-state index is 13.6. The second-order valence-electron chi connectivity index (χ2n) is 6.22. The number of halogens is 2. The maximum Gasteiger partial charge on any atom is 0.241 e. The lowest BCUT2D eigenvalue weighted by atomic mass is 10.1. The van der Waals surface area contributed by atoms with Crippen LogP contribution in [0.15, 0.2) is 42.7 Å². The molecule has 0 radical (unpaired) electrons. The number of ether oxygens (including phenoxy) is 1. The third-order valence-electron chi connectivity index (χ3n) is 4.13. The first-order chi connectivity index (χ1) is 12.5. The molecule has 1 fully saturated rings. The molecule has 0 aliphatic carbocycles. The number of benzene rings is 1. The molecule has 2 N–H and O–H groups in total. The van der Waals surface area contributed by atoms with Gasteiger partial charge in [0.25, 0.3) is 0 Å². The third kappa shape index (κ3) is 4.53. The molecule has 1 saturated heterocycles. The highest BCUT2D eigenvalue weighted by Gasteiger charge is 2.31. The SMILES string of the molecule is CN(Cc1cccnc1)C(=O)C1CC(COc2ccc(F)cc2F)NN1.